The molecule has 2 nitrogen and oxygen atoms in total. The molecule has 0 bridgehead atoms. The maximum absolute atomic E-state index is 5.87. The maximum Gasteiger partial charge on any atom is 0.0451 e. The Bertz CT molecular complexity index is 332. The molecule has 1 fully saturated rings. The van der Waals surface area contributed by atoms with Gasteiger partial charge in [0.1, 0.15) is 0 Å². The zero-order valence-corrected chi connectivity index (χ0v) is 9.93. The first-order valence-electron chi connectivity index (χ1n) is 5.31. The Morgan fingerprint density at radius 1 is 1.27 bits per heavy atom. The normalized spacial score (nSPS) is 25.1. The highest BCUT2D eigenvalue weighted by Crippen LogP contribution is 2.21. The molecule has 0 amide bonds. The average Bonchev–Trinajstić information content (AvgIpc) is 2.17. The minimum atomic E-state index is 0.155. The fraction of sp³-hybridized carbons (Fsp3) is 0.500. The number of piperazine rings is 1. The van der Waals surface area contributed by atoms with Gasteiger partial charge < -0.3 is 10.6 Å². The van der Waals surface area contributed by atoms with Crippen LogP contribution < -0.4 is 10.6 Å². The molecule has 1 aliphatic rings. The van der Waals surface area contributed by atoms with E-state index in [-0.39, 0.29) is 5.54 Å². The van der Waals surface area contributed by atoms with Gasteiger partial charge in [0, 0.05) is 29.7 Å². The maximum atomic E-state index is 5.87. The van der Waals surface area contributed by atoms with Crippen molar-refractivity contribution in [3.63, 3.8) is 0 Å². The van der Waals surface area contributed by atoms with Gasteiger partial charge in [0.05, 0.1) is 0 Å². The Morgan fingerprint density at radius 2 is 1.93 bits per heavy atom. The van der Waals surface area contributed by atoms with E-state index in [9.17, 15) is 0 Å². The molecule has 0 aliphatic carbocycles. The molecule has 2 rings (SSSR count). The summed E-state index contributed by atoms with van der Waals surface area (Å²) in [5.74, 6) is 0. The Hall–Kier alpha value is -0.570. The molecule has 15 heavy (non-hydrogen) atoms. The van der Waals surface area contributed by atoms with Crippen LogP contribution >= 0.6 is 11.6 Å². The van der Waals surface area contributed by atoms with E-state index in [2.05, 4.69) is 36.6 Å². The van der Waals surface area contributed by atoms with E-state index in [1.54, 1.807) is 0 Å². The molecule has 1 atom stereocenters. The lowest BCUT2D eigenvalue weighted by Gasteiger charge is -2.38. The van der Waals surface area contributed by atoms with E-state index in [0.717, 1.165) is 18.1 Å². The van der Waals surface area contributed by atoms with Gasteiger partial charge in [-0.1, -0.05) is 23.7 Å². The first-order chi connectivity index (χ1) is 7.07. The van der Waals surface area contributed by atoms with Crippen LogP contribution in [-0.4, -0.2) is 18.6 Å². The summed E-state index contributed by atoms with van der Waals surface area (Å²) in [4.78, 5) is 0. The molecule has 1 aromatic carbocycles. The van der Waals surface area contributed by atoms with Gasteiger partial charge in [-0.15, -0.1) is 0 Å². The summed E-state index contributed by atoms with van der Waals surface area (Å²) < 4.78 is 0. The molecule has 1 aliphatic heterocycles. The minimum absolute atomic E-state index is 0.155. The number of rotatable bonds is 1. The Morgan fingerprint density at radius 3 is 2.53 bits per heavy atom. The van der Waals surface area contributed by atoms with Crippen molar-refractivity contribution in [3.8, 4) is 0 Å². The van der Waals surface area contributed by atoms with Gasteiger partial charge in [-0.25, -0.2) is 0 Å². The van der Waals surface area contributed by atoms with Gasteiger partial charge in [0.2, 0.25) is 0 Å². The van der Waals surface area contributed by atoms with E-state index < -0.39 is 0 Å². The van der Waals surface area contributed by atoms with Gasteiger partial charge in [-0.05, 0) is 31.5 Å². The average molecular weight is 225 g/mol. The summed E-state index contributed by atoms with van der Waals surface area (Å²) in [6.45, 7) is 6.41. The number of halogens is 1. The fourth-order valence-electron chi connectivity index (χ4n) is 2.00. The molecule has 1 heterocycles. The highest BCUT2D eigenvalue weighted by molar-refractivity contribution is 6.30. The first kappa shape index (κ1) is 10.9. The van der Waals surface area contributed by atoms with Crippen LogP contribution in [0.15, 0.2) is 24.3 Å². The molecule has 2 N–H and O–H groups in total. The highest BCUT2D eigenvalue weighted by Gasteiger charge is 2.27. The van der Waals surface area contributed by atoms with Crippen molar-refractivity contribution in [3.05, 3.63) is 34.9 Å². The molecule has 0 radical (unpaired) electrons. The SMILES string of the molecule is CC1(C)CNCC(c2ccc(Cl)cc2)N1. The second-order valence-corrected chi connectivity index (χ2v) is 5.20. The van der Waals surface area contributed by atoms with E-state index in [4.69, 9.17) is 11.6 Å². The van der Waals surface area contributed by atoms with Crippen molar-refractivity contribution < 1.29 is 0 Å². The fourth-order valence-corrected chi connectivity index (χ4v) is 2.12. The number of benzene rings is 1. The predicted molar refractivity (Wildman–Crippen MR) is 64.3 cm³/mol. The van der Waals surface area contributed by atoms with Crippen LogP contribution in [0.5, 0.6) is 0 Å². The van der Waals surface area contributed by atoms with E-state index in [1.165, 1.54) is 5.56 Å². The minimum Gasteiger partial charge on any atom is -0.313 e. The van der Waals surface area contributed by atoms with Crippen LogP contribution in [0.1, 0.15) is 25.5 Å². The predicted octanol–water partition coefficient (Wildman–Crippen LogP) is 2.35. The summed E-state index contributed by atoms with van der Waals surface area (Å²) in [6, 6.07) is 8.44. The molecule has 1 saturated heterocycles. The van der Waals surface area contributed by atoms with Gasteiger partial charge >= 0.3 is 0 Å². The third kappa shape index (κ3) is 2.71. The second kappa shape index (κ2) is 4.12. The monoisotopic (exact) mass is 224 g/mol. The lowest BCUT2D eigenvalue weighted by molar-refractivity contribution is 0.264. The van der Waals surface area contributed by atoms with E-state index >= 15 is 0 Å². The van der Waals surface area contributed by atoms with Gasteiger partial charge in [0.15, 0.2) is 0 Å². The molecule has 0 spiro atoms. The highest BCUT2D eigenvalue weighted by atomic mass is 35.5. The third-order valence-corrected chi connectivity index (χ3v) is 3.00. The summed E-state index contributed by atoms with van der Waals surface area (Å²) in [7, 11) is 0. The summed E-state index contributed by atoms with van der Waals surface area (Å²) in [6.07, 6.45) is 0. The van der Waals surface area contributed by atoms with E-state index in [1.807, 2.05) is 12.1 Å². The summed E-state index contributed by atoms with van der Waals surface area (Å²) >= 11 is 5.87. The van der Waals surface area contributed by atoms with Crippen molar-refractivity contribution in [2.45, 2.75) is 25.4 Å². The first-order valence-corrected chi connectivity index (χ1v) is 5.68. The molecule has 1 unspecified atom stereocenters. The Labute approximate surface area is 96.0 Å². The lowest BCUT2D eigenvalue weighted by atomic mass is 9.96. The zero-order valence-electron chi connectivity index (χ0n) is 9.18. The topological polar surface area (TPSA) is 24.1 Å². The van der Waals surface area contributed by atoms with Gasteiger partial charge in [-0.2, -0.15) is 0 Å². The Kier molecular flexibility index (Phi) is 3.01. The van der Waals surface area contributed by atoms with Crippen LogP contribution in [0.3, 0.4) is 0 Å². The van der Waals surface area contributed by atoms with Crippen LogP contribution in [0.2, 0.25) is 5.02 Å². The standard InChI is InChI=1S/C12H17ClN2/c1-12(2)8-14-7-11(15-12)9-3-5-10(13)6-4-9/h3-6,11,14-15H,7-8H2,1-2H3. The largest absolute Gasteiger partial charge is 0.313 e. The van der Waals surface area contributed by atoms with Crippen LogP contribution in [-0.2, 0) is 0 Å². The smallest absolute Gasteiger partial charge is 0.0451 e. The number of hydrogen-bond donors (Lipinski definition) is 2. The molecular weight excluding hydrogens is 208 g/mol. The van der Waals surface area contributed by atoms with Crippen molar-refractivity contribution >= 4 is 11.6 Å². The molecule has 0 aromatic heterocycles. The van der Waals surface area contributed by atoms with Crippen LogP contribution in [0.25, 0.3) is 0 Å². The zero-order chi connectivity index (χ0) is 10.9. The third-order valence-electron chi connectivity index (χ3n) is 2.75. The molecule has 82 valence electrons. The summed E-state index contributed by atoms with van der Waals surface area (Å²) in [5.41, 5.74) is 1.45. The van der Waals surface area contributed by atoms with Crippen LogP contribution in [0, 0.1) is 0 Å². The summed E-state index contributed by atoms with van der Waals surface area (Å²) in [5, 5.41) is 7.86. The van der Waals surface area contributed by atoms with Crippen molar-refractivity contribution in [1.29, 1.82) is 0 Å². The van der Waals surface area contributed by atoms with Crippen molar-refractivity contribution in [1.82, 2.24) is 10.6 Å². The van der Waals surface area contributed by atoms with Gasteiger partial charge in [-0.3, -0.25) is 0 Å². The molecule has 1 aromatic rings. The van der Waals surface area contributed by atoms with Gasteiger partial charge in [0.25, 0.3) is 0 Å². The van der Waals surface area contributed by atoms with Crippen LogP contribution in [0.4, 0.5) is 0 Å². The quantitative estimate of drug-likeness (QED) is 0.766. The lowest BCUT2D eigenvalue weighted by Crippen LogP contribution is -2.56. The number of nitrogens with one attached hydrogen (secondary N) is 2. The number of hydrogen-bond acceptors (Lipinski definition) is 2. The second-order valence-electron chi connectivity index (χ2n) is 4.76. The van der Waals surface area contributed by atoms with Crippen molar-refractivity contribution in [2.24, 2.45) is 0 Å². The molecule has 3 heteroatoms. The van der Waals surface area contributed by atoms with E-state index in [0.29, 0.717) is 6.04 Å². The molecule has 0 saturated carbocycles. The Balaban J connectivity index is 2.13. The van der Waals surface area contributed by atoms with Crippen molar-refractivity contribution in [2.75, 3.05) is 13.1 Å². The molecular formula is C12H17ClN2.